The van der Waals surface area contributed by atoms with E-state index in [4.69, 9.17) is 14.0 Å². The zero-order valence-electron chi connectivity index (χ0n) is 16.4. The van der Waals surface area contributed by atoms with Crippen molar-refractivity contribution in [3.63, 3.8) is 0 Å². The van der Waals surface area contributed by atoms with Crippen molar-refractivity contribution in [3.8, 4) is 22.9 Å². The second-order valence-electron chi connectivity index (χ2n) is 6.46. The second kappa shape index (κ2) is 8.56. The maximum Gasteiger partial charge on any atom is 0.263 e. The van der Waals surface area contributed by atoms with Gasteiger partial charge in [0.25, 0.3) is 5.91 Å². The number of likely N-dealkylation sites (N-methyl/N-ethyl adjacent to an activating group) is 1. The fourth-order valence-electron chi connectivity index (χ4n) is 2.72. The molecule has 2 aromatic carbocycles. The largest absolute Gasteiger partial charge is 0.497 e. The van der Waals surface area contributed by atoms with Crippen LogP contribution in [0.1, 0.15) is 18.4 Å². The van der Waals surface area contributed by atoms with E-state index in [0.29, 0.717) is 23.2 Å². The molecule has 28 heavy (non-hydrogen) atoms. The smallest absolute Gasteiger partial charge is 0.263 e. The van der Waals surface area contributed by atoms with Crippen molar-refractivity contribution in [2.75, 3.05) is 14.2 Å². The van der Waals surface area contributed by atoms with Crippen molar-refractivity contribution in [2.24, 2.45) is 0 Å². The Morgan fingerprint density at radius 2 is 2.00 bits per heavy atom. The third-order valence-corrected chi connectivity index (χ3v) is 4.29. The normalized spacial score (nSPS) is 11.7. The molecule has 1 atom stereocenters. The highest BCUT2D eigenvalue weighted by Gasteiger charge is 2.22. The number of nitrogens with zero attached hydrogens (tertiary/aromatic N) is 3. The number of rotatable bonds is 7. The average molecular weight is 381 g/mol. The van der Waals surface area contributed by atoms with Gasteiger partial charge in [0.1, 0.15) is 11.5 Å². The molecule has 0 spiro atoms. The lowest BCUT2D eigenvalue weighted by Gasteiger charge is -2.21. The molecule has 0 aliphatic heterocycles. The highest BCUT2D eigenvalue weighted by molar-refractivity contribution is 5.80. The minimum absolute atomic E-state index is 0.176. The topological polar surface area (TPSA) is 77.7 Å². The lowest BCUT2D eigenvalue weighted by molar-refractivity contribution is -0.137. The van der Waals surface area contributed by atoms with Crippen LogP contribution < -0.4 is 9.47 Å². The number of hydrogen-bond acceptors (Lipinski definition) is 6. The summed E-state index contributed by atoms with van der Waals surface area (Å²) in [5.41, 5.74) is 1.75. The van der Waals surface area contributed by atoms with Crippen molar-refractivity contribution >= 4 is 5.91 Å². The number of hydrogen-bond donors (Lipinski definition) is 0. The van der Waals surface area contributed by atoms with Crippen LogP contribution in [0, 0.1) is 6.92 Å². The first-order valence-corrected chi connectivity index (χ1v) is 8.92. The minimum Gasteiger partial charge on any atom is -0.497 e. The molecule has 1 amide bonds. The van der Waals surface area contributed by atoms with Crippen molar-refractivity contribution in [1.29, 1.82) is 0 Å². The highest BCUT2D eigenvalue weighted by Crippen LogP contribution is 2.22. The molecule has 0 aliphatic rings. The SMILES string of the molecule is COc1cccc(-c2noc(CN(C)C(=O)C(C)Oc3ccccc3C)n2)c1. The molecule has 0 aliphatic carbocycles. The molecule has 0 fully saturated rings. The standard InChI is InChI=1S/C21H23N3O4/c1-14-8-5-6-11-18(14)27-15(2)21(25)24(3)13-19-22-20(23-28-19)16-9-7-10-17(12-16)26-4/h5-12,15H,13H2,1-4H3. The fourth-order valence-corrected chi connectivity index (χ4v) is 2.72. The van der Waals surface area contributed by atoms with Gasteiger partial charge in [-0.05, 0) is 37.6 Å². The molecular formula is C21H23N3O4. The third kappa shape index (κ3) is 4.49. The Bertz CT molecular complexity index is 954. The molecule has 0 saturated carbocycles. The summed E-state index contributed by atoms with van der Waals surface area (Å²) in [6.07, 6.45) is -0.633. The number of aromatic nitrogens is 2. The maximum atomic E-state index is 12.6. The molecule has 0 saturated heterocycles. The van der Waals surface area contributed by atoms with E-state index in [-0.39, 0.29) is 12.5 Å². The summed E-state index contributed by atoms with van der Waals surface area (Å²) >= 11 is 0. The molecule has 7 heteroatoms. The monoisotopic (exact) mass is 381 g/mol. The number of carbonyl (C=O) groups is 1. The van der Waals surface area contributed by atoms with Gasteiger partial charge in [-0.25, -0.2) is 0 Å². The molecule has 1 aromatic heterocycles. The summed E-state index contributed by atoms with van der Waals surface area (Å²) in [6.45, 7) is 3.85. The first-order chi connectivity index (χ1) is 13.5. The number of methoxy groups -OCH3 is 1. The van der Waals surface area contributed by atoms with Crippen LogP contribution in [-0.4, -0.2) is 41.2 Å². The van der Waals surface area contributed by atoms with E-state index in [0.717, 1.165) is 11.1 Å². The van der Waals surface area contributed by atoms with Crippen LogP contribution in [-0.2, 0) is 11.3 Å². The summed E-state index contributed by atoms with van der Waals surface area (Å²) in [5.74, 6) is 2.01. The average Bonchev–Trinajstić information content (AvgIpc) is 3.17. The van der Waals surface area contributed by atoms with E-state index in [1.54, 1.807) is 21.1 Å². The zero-order chi connectivity index (χ0) is 20.1. The van der Waals surface area contributed by atoms with Gasteiger partial charge in [-0.15, -0.1) is 0 Å². The van der Waals surface area contributed by atoms with Gasteiger partial charge in [0, 0.05) is 12.6 Å². The van der Waals surface area contributed by atoms with Gasteiger partial charge in [0.05, 0.1) is 13.7 Å². The second-order valence-corrected chi connectivity index (χ2v) is 6.46. The number of aryl methyl sites for hydroxylation is 1. The Balaban J connectivity index is 1.64. The number of para-hydroxylation sites is 1. The summed E-state index contributed by atoms with van der Waals surface area (Å²) in [4.78, 5) is 18.5. The molecular weight excluding hydrogens is 358 g/mol. The Hall–Kier alpha value is -3.35. The quantitative estimate of drug-likeness (QED) is 0.624. The molecule has 3 aromatic rings. The van der Waals surface area contributed by atoms with Crippen molar-refractivity contribution < 1.29 is 18.8 Å². The first kappa shape index (κ1) is 19.4. The van der Waals surface area contributed by atoms with Gasteiger partial charge < -0.3 is 18.9 Å². The van der Waals surface area contributed by atoms with Crippen LogP contribution in [0.2, 0.25) is 0 Å². The maximum absolute atomic E-state index is 12.6. The van der Waals surface area contributed by atoms with Crippen LogP contribution in [0.25, 0.3) is 11.4 Å². The van der Waals surface area contributed by atoms with Gasteiger partial charge >= 0.3 is 0 Å². The summed E-state index contributed by atoms with van der Waals surface area (Å²) in [7, 11) is 3.27. The van der Waals surface area contributed by atoms with Crippen LogP contribution in [0.15, 0.2) is 53.1 Å². The van der Waals surface area contributed by atoms with Crippen molar-refractivity contribution in [2.45, 2.75) is 26.5 Å². The zero-order valence-corrected chi connectivity index (χ0v) is 16.4. The fraction of sp³-hybridized carbons (Fsp3) is 0.286. The third-order valence-electron chi connectivity index (χ3n) is 4.29. The molecule has 1 unspecified atom stereocenters. The number of ether oxygens (including phenoxy) is 2. The van der Waals surface area contributed by atoms with Crippen molar-refractivity contribution in [1.82, 2.24) is 15.0 Å². The minimum atomic E-state index is -0.633. The van der Waals surface area contributed by atoms with Gasteiger partial charge in [0.15, 0.2) is 6.10 Å². The van der Waals surface area contributed by atoms with Crippen LogP contribution in [0.4, 0.5) is 0 Å². The lowest BCUT2D eigenvalue weighted by atomic mass is 10.2. The van der Waals surface area contributed by atoms with Gasteiger partial charge in [0.2, 0.25) is 11.7 Å². The predicted octanol–water partition coefficient (Wildman–Crippen LogP) is 3.48. The highest BCUT2D eigenvalue weighted by atomic mass is 16.5. The Morgan fingerprint density at radius 1 is 1.21 bits per heavy atom. The Morgan fingerprint density at radius 3 is 2.75 bits per heavy atom. The summed E-state index contributed by atoms with van der Waals surface area (Å²) in [6, 6.07) is 15.0. The summed E-state index contributed by atoms with van der Waals surface area (Å²) < 4.78 is 16.3. The Labute approximate surface area is 163 Å². The van der Waals surface area contributed by atoms with Gasteiger partial charge in [-0.3, -0.25) is 4.79 Å². The number of benzene rings is 2. The summed E-state index contributed by atoms with van der Waals surface area (Å²) in [5, 5.41) is 3.99. The molecule has 0 radical (unpaired) electrons. The molecule has 3 rings (SSSR count). The molecule has 1 heterocycles. The van der Waals surface area contributed by atoms with E-state index in [1.165, 1.54) is 4.90 Å². The molecule has 0 bridgehead atoms. The lowest BCUT2D eigenvalue weighted by Crippen LogP contribution is -2.37. The number of carbonyl (C=O) groups excluding carboxylic acids is 1. The van der Waals surface area contributed by atoms with E-state index in [9.17, 15) is 4.79 Å². The van der Waals surface area contributed by atoms with E-state index in [1.807, 2.05) is 55.5 Å². The van der Waals surface area contributed by atoms with Crippen LogP contribution >= 0.6 is 0 Å². The van der Waals surface area contributed by atoms with E-state index < -0.39 is 6.10 Å². The number of amides is 1. The Kier molecular flexibility index (Phi) is 5.93. The molecule has 0 N–H and O–H groups in total. The van der Waals surface area contributed by atoms with E-state index in [2.05, 4.69) is 10.1 Å². The van der Waals surface area contributed by atoms with Gasteiger partial charge in [-0.1, -0.05) is 35.5 Å². The predicted molar refractivity (Wildman–Crippen MR) is 104 cm³/mol. The first-order valence-electron chi connectivity index (χ1n) is 8.92. The van der Waals surface area contributed by atoms with Crippen LogP contribution in [0.5, 0.6) is 11.5 Å². The van der Waals surface area contributed by atoms with Gasteiger partial charge in [-0.2, -0.15) is 4.98 Å². The van der Waals surface area contributed by atoms with E-state index >= 15 is 0 Å². The van der Waals surface area contributed by atoms with Crippen LogP contribution in [0.3, 0.4) is 0 Å². The molecule has 7 nitrogen and oxygen atoms in total. The molecule has 146 valence electrons. The van der Waals surface area contributed by atoms with Crippen molar-refractivity contribution in [3.05, 3.63) is 60.0 Å².